The molecule has 21 heavy (non-hydrogen) atoms. The quantitative estimate of drug-likeness (QED) is 0.765. The van der Waals surface area contributed by atoms with E-state index >= 15 is 0 Å². The van der Waals surface area contributed by atoms with Crippen LogP contribution < -0.4 is 5.73 Å². The molecule has 0 fully saturated rings. The van der Waals surface area contributed by atoms with Gasteiger partial charge in [-0.15, -0.1) is 0 Å². The van der Waals surface area contributed by atoms with Gasteiger partial charge in [-0.25, -0.2) is 4.98 Å². The highest BCUT2D eigenvalue weighted by atomic mass is 35.5. The monoisotopic (exact) mass is 297 g/mol. The average molecular weight is 298 g/mol. The van der Waals surface area contributed by atoms with Crippen LogP contribution in [0.25, 0.3) is 11.3 Å². The van der Waals surface area contributed by atoms with Crippen LogP contribution in [0.15, 0.2) is 60.8 Å². The van der Waals surface area contributed by atoms with Crippen molar-refractivity contribution in [3.63, 3.8) is 0 Å². The summed E-state index contributed by atoms with van der Waals surface area (Å²) in [5.74, 6) is 0.876. The van der Waals surface area contributed by atoms with Crippen LogP contribution in [0.3, 0.4) is 0 Å². The molecule has 0 spiro atoms. The number of hydrogen-bond donors (Lipinski definition) is 2. The number of nitrogens with two attached hydrogens (primary N) is 1. The molecule has 0 aliphatic carbocycles. The zero-order valence-electron chi connectivity index (χ0n) is 11.5. The molecule has 0 radical (unpaired) electrons. The van der Waals surface area contributed by atoms with Gasteiger partial charge in [0.1, 0.15) is 5.82 Å². The lowest BCUT2D eigenvalue weighted by atomic mass is 10.0. The molecule has 0 saturated carbocycles. The van der Waals surface area contributed by atoms with Crippen molar-refractivity contribution in [1.29, 1.82) is 0 Å². The normalized spacial score (nSPS) is 12.3. The molecule has 3 N–H and O–H groups in total. The Morgan fingerprint density at radius 2 is 1.90 bits per heavy atom. The maximum Gasteiger partial charge on any atom is 0.108 e. The van der Waals surface area contributed by atoms with Crippen LogP contribution in [0.1, 0.15) is 17.4 Å². The summed E-state index contributed by atoms with van der Waals surface area (Å²) < 4.78 is 0. The second-order valence-electron chi connectivity index (χ2n) is 4.98. The Morgan fingerprint density at radius 3 is 2.67 bits per heavy atom. The van der Waals surface area contributed by atoms with Crippen molar-refractivity contribution < 1.29 is 0 Å². The van der Waals surface area contributed by atoms with Crippen molar-refractivity contribution in [2.75, 3.05) is 0 Å². The number of benzene rings is 2. The molecule has 1 atom stereocenters. The van der Waals surface area contributed by atoms with E-state index in [0.717, 1.165) is 22.6 Å². The molecule has 1 heterocycles. The third-order valence-electron chi connectivity index (χ3n) is 3.41. The molecule has 1 aromatic heterocycles. The first-order chi connectivity index (χ1) is 10.2. The predicted octanol–water partition coefficient (Wildman–Crippen LogP) is 3.97. The highest BCUT2D eigenvalue weighted by Crippen LogP contribution is 2.22. The first kappa shape index (κ1) is 13.9. The Hall–Kier alpha value is -2.10. The number of aromatic amines is 1. The molecule has 2 aromatic carbocycles. The van der Waals surface area contributed by atoms with Crippen molar-refractivity contribution in [2.24, 2.45) is 5.73 Å². The molecule has 4 heteroatoms. The standard InChI is InChI=1S/C17H16ClN3/c18-14-8-4-7-13(9-14)16-11-20-17(21-16)10-15(19)12-5-2-1-3-6-12/h1-9,11,15H,10,19H2,(H,20,21). The molecule has 106 valence electrons. The van der Waals surface area contributed by atoms with Gasteiger partial charge < -0.3 is 10.7 Å². The predicted molar refractivity (Wildman–Crippen MR) is 86.1 cm³/mol. The Kier molecular flexibility index (Phi) is 4.04. The van der Waals surface area contributed by atoms with E-state index in [-0.39, 0.29) is 6.04 Å². The van der Waals surface area contributed by atoms with Crippen LogP contribution in [0, 0.1) is 0 Å². The third kappa shape index (κ3) is 3.32. The lowest BCUT2D eigenvalue weighted by Crippen LogP contribution is -2.13. The number of nitrogens with one attached hydrogen (secondary N) is 1. The minimum Gasteiger partial charge on any atom is -0.342 e. The average Bonchev–Trinajstić information content (AvgIpc) is 2.97. The van der Waals surface area contributed by atoms with Gasteiger partial charge in [-0.1, -0.05) is 54.1 Å². The van der Waals surface area contributed by atoms with Crippen LogP contribution >= 0.6 is 11.6 Å². The van der Waals surface area contributed by atoms with Crippen molar-refractivity contribution in [2.45, 2.75) is 12.5 Å². The fourth-order valence-electron chi connectivity index (χ4n) is 2.30. The lowest BCUT2D eigenvalue weighted by Gasteiger charge is -2.09. The van der Waals surface area contributed by atoms with Gasteiger partial charge in [-0.3, -0.25) is 0 Å². The van der Waals surface area contributed by atoms with Gasteiger partial charge >= 0.3 is 0 Å². The summed E-state index contributed by atoms with van der Waals surface area (Å²) in [5, 5.41) is 0.713. The molecule has 0 saturated heterocycles. The molecule has 0 amide bonds. The van der Waals surface area contributed by atoms with E-state index in [1.54, 1.807) is 0 Å². The Labute approximate surface area is 128 Å². The van der Waals surface area contributed by atoms with Crippen molar-refractivity contribution in [3.8, 4) is 11.3 Å². The number of nitrogens with zero attached hydrogens (tertiary/aromatic N) is 1. The van der Waals surface area contributed by atoms with Gasteiger partial charge in [0.25, 0.3) is 0 Å². The largest absolute Gasteiger partial charge is 0.342 e. The maximum absolute atomic E-state index is 6.22. The van der Waals surface area contributed by atoms with E-state index in [1.165, 1.54) is 0 Å². The number of hydrogen-bond acceptors (Lipinski definition) is 2. The molecule has 0 aliphatic heterocycles. The highest BCUT2D eigenvalue weighted by molar-refractivity contribution is 6.30. The summed E-state index contributed by atoms with van der Waals surface area (Å²) in [4.78, 5) is 7.72. The van der Waals surface area contributed by atoms with Crippen LogP contribution in [0.2, 0.25) is 5.02 Å². The zero-order valence-corrected chi connectivity index (χ0v) is 12.2. The SMILES string of the molecule is NC(Cc1ncc(-c2cccc(Cl)c2)[nH]1)c1ccccc1. The van der Waals surface area contributed by atoms with E-state index in [4.69, 9.17) is 17.3 Å². The van der Waals surface area contributed by atoms with Crippen LogP contribution in [-0.4, -0.2) is 9.97 Å². The van der Waals surface area contributed by atoms with E-state index < -0.39 is 0 Å². The molecular weight excluding hydrogens is 282 g/mol. The van der Waals surface area contributed by atoms with E-state index in [1.807, 2.05) is 60.8 Å². The summed E-state index contributed by atoms with van der Waals surface area (Å²) >= 11 is 6.01. The summed E-state index contributed by atoms with van der Waals surface area (Å²) in [6.07, 6.45) is 2.49. The van der Waals surface area contributed by atoms with Gasteiger partial charge in [0.15, 0.2) is 0 Å². The van der Waals surface area contributed by atoms with E-state index in [9.17, 15) is 0 Å². The van der Waals surface area contributed by atoms with Crippen molar-refractivity contribution in [1.82, 2.24) is 9.97 Å². The first-order valence-electron chi connectivity index (χ1n) is 6.83. The Morgan fingerprint density at radius 1 is 1.10 bits per heavy atom. The van der Waals surface area contributed by atoms with E-state index in [0.29, 0.717) is 11.4 Å². The van der Waals surface area contributed by atoms with Gasteiger partial charge in [0.2, 0.25) is 0 Å². The number of rotatable bonds is 4. The van der Waals surface area contributed by atoms with Gasteiger partial charge in [0, 0.05) is 23.0 Å². The van der Waals surface area contributed by atoms with Gasteiger partial charge in [-0.05, 0) is 17.7 Å². The second kappa shape index (κ2) is 6.12. The summed E-state index contributed by atoms with van der Waals surface area (Å²) in [6.45, 7) is 0. The van der Waals surface area contributed by atoms with Crippen LogP contribution in [0.4, 0.5) is 0 Å². The fourth-order valence-corrected chi connectivity index (χ4v) is 2.49. The van der Waals surface area contributed by atoms with Crippen molar-refractivity contribution >= 4 is 11.6 Å². The smallest absolute Gasteiger partial charge is 0.108 e. The topological polar surface area (TPSA) is 54.7 Å². The zero-order chi connectivity index (χ0) is 14.7. The third-order valence-corrected chi connectivity index (χ3v) is 3.64. The summed E-state index contributed by atoms with van der Waals surface area (Å²) in [7, 11) is 0. The lowest BCUT2D eigenvalue weighted by molar-refractivity contribution is 0.695. The van der Waals surface area contributed by atoms with Crippen LogP contribution in [-0.2, 0) is 6.42 Å². The molecule has 0 bridgehead atoms. The Balaban J connectivity index is 1.76. The summed E-state index contributed by atoms with van der Waals surface area (Å²) in [6, 6.07) is 17.7. The highest BCUT2D eigenvalue weighted by Gasteiger charge is 2.10. The fraction of sp³-hybridized carbons (Fsp3) is 0.118. The first-order valence-corrected chi connectivity index (χ1v) is 7.20. The maximum atomic E-state index is 6.22. The van der Waals surface area contributed by atoms with Gasteiger partial charge in [0.05, 0.1) is 11.9 Å². The number of aromatic nitrogens is 2. The van der Waals surface area contributed by atoms with E-state index in [2.05, 4.69) is 9.97 Å². The molecule has 3 rings (SSSR count). The van der Waals surface area contributed by atoms with Crippen molar-refractivity contribution in [3.05, 3.63) is 77.2 Å². The minimum absolute atomic E-state index is 0.0652. The minimum atomic E-state index is -0.0652. The van der Waals surface area contributed by atoms with Crippen LogP contribution in [0.5, 0.6) is 0 Å². The molecule has 1 unspecified atom stereocenters. The molecule has 3 nitrogen and oxygen atoms in total. The number of halogens is 1. The Bertz CT molecular complexity index is 722. The molecule has 0 aliphatic rings. The molecular formula is C17H16ClN3. The molecule has 3 aromatic rings. The number of imidazole rings is 1. The second-order valence-corrected chi connectivity index (χ2v) is 5.41. The summed E-state index contributed by atoms with van der Waals surface area (Å²) in [5.41, 5.74) is 9.30. The van der Waals surface area contributed by atoms with Gasteiger partial charge in [-0.2, -0.15) is 0 Å². The number of H-pyrrole nitrogens is 1.